The monoisotopic (exact) mass is 270 g/mol. The van der Waals surface area contributed by atoms with Crippen LogP contribution in [0.3, 0.4) is 0 Å². The minimum Gasteiger partial charge on any atom is -0.463 e. The summed E-state index contributed by atoms with van der Waals surface area (Å²) in [5, 5.41) is 0. The number of hydrogen-bond acceptors (Lipinski definition) is 3. The van der Waals surface area contributed by atoms with Crippen molar-refractivity contribution in [3.63, 3.8) is 0 Å². The molecule has 0 atom stereocenters. The van der Waals surface area contributed by atoms with Crippen LogP contribution in [0.4, 0.5) is 0 Å². The van der Waals surface area contributed by atoms with E-state index in [0.717, 1.165) is 15.6 Å². The summed E-state index contributed by atoms with van der Waals surface area (Å²) in [7, 11) is 1.20. The van der Waals surface area contributed by atoms with Gasteiger partial charge in [-0.1, -0.05) is 28.1 Å². The Hall–Kier alpha value is -1.16. The number of ether oxygens (including phenoxy) is 1. The second-order valence-corrected chi connectivity index (χ2v) is 3.97. The predicted molar refractivity (Wildman–Crippen MR) is 59.6 cm³/mol. The summed E-state index contributed by atoms with van der Waals surface area (Å²) in [5.41, 5.74) is 1.80. The molecule has 0 aliphatic rings. The first kappa shape index (κ1) is 11.9. The van der Waals surface area contributed by atoms with E-state index in [0.29, 0.717) is 0 Å². The zero-order valence-electron chi connectivity index (χ0n) is 8.54. The molecule has 0 aliphatic carbocycles. The van der Waals surface area contributed by atoms with Gasteiger partial charge in [0, 0.05) is 10.9 Å². The molecule has 0 saturated carbocycles. The van der Waals surface area contributed by atoms with Crippen LogP contribution in [0.2, 0.25) is 0 Å². The van der Waals surface area contributed by atoms with Gasteiger partial charge >= 0.3 is 5.97 Å². The highest BCUT2D eigenvalue weighted by Gasteiger charge is 2.15. The van der Waals surface area contributed by atoms with E-state index >= 15 is 0 Å². The number of esters is 1. The molecule has 0 bridgehead atoms. The minimum atomic E-state index is -0.797. The van der Waals surface area contributed by atoms with E-state index < -0.39 is 11.8 Å². The van der Waals surface area contributed by atoms with Gasteiger partial charge in [0.2, 0.25) is 5.78 Å². The Morgan fingerprint density at radius 1 is 1.40 bits per heavy atom. The second-order valence-electron chi connectivity index (χ2n) is 3.12. The fourth-order valence-electron chi connectivity index (χ4n) is 1.20. The predicted octanol–water partition coefficient (Wildman–Crippen LogP) is 2.04. The van der Waals surface area contributed by atoms with Gasteiger partial charge < -0.3 is 4.74 Å². The number of ketones is 1. The van der Waals surface area contributed by atoms with Gasteiger partial charge in [-0.3, -0.25) is 4.79 Å². The number of halogens is 1. The van der Waals surface area contributed by atoms with Gasteiger partial charge in [0.15, 0.2) is 0 Å². The van der Waals surface area contributed by atoms with E-state index in [1.54, 1.807) is 0 Å². The van der Waals surface area contributed by atoms with E-state index in [2.05, 4.69) is 20.7 Å². The number of methoxy groups -OCH3 is 1. The molecular weight excluding hydrogens is 260 g/mol. The maximum absolute atomic E-state index is 11.3. The highest BCUT2D eigenvalue weighted by Crippen LogP contribution is 2.19. The molecule has 0 saturated heterocycles. The Morgan fingerprint density at radius 3 is 2.67 bits per heavy atom. The zero-order valence-corrected chi connectivity index (χ0v) is 10.1. The zero-order chi connectivity index (χ0) is 11.4. The lowest BCUT2D eigenvalue weighted by Crippen LogP contribution is -2.18. The maximum atomic E-state index is 11.3. The summed E-state index contributed by atoms with van der Waals surface area (Å²) < 4.78 is 5.28. The molecule has 3 nitrogen and oxygen atoms in total. The van der Waals surface area contributed by atoms with Gasteiger partial charge in [-0.25, -0.2) is 4.79 Å². The smallest absolute Gasteiger partial charge is 0.374 e. The summed E-state index contributed by atoms with van der Waals surface area (Å²) in [6.07, 6.45) is 0.0813. The molecule has 1 aromatic carbocycles. The Bertz CT molecular complexity index is 399. The Labute approximate surface area is 96.6 Å². The van der Waals surface area contributed by atoms with Crippen LogP contribution in [-0.2, 0) is 20.7 Å². The first-order valence-electron chi connectivity index (χ1n) is 4.41. The van der Waals surface area contributed by atoms with Crippen LogP contribution < -0.4 is 0 Å². The Morgan fingerprint density at radius 2 is 2.07 bits per heavy atom. The molecule has 0 aliphatic heterocycles. The molecule has 80 valence electrons. The third-order valence-electron chi connectivity index (χ3n) is 2.14. The fraction of sp³-hybridized carbons (Fsp3) is 0.273. The quantitative estimate of drug-likeness (QED) is 0.624. The standard InChI is InChI=1S/C11H11BrO3/c1-7-8(4-3-5-9(7)12)6-10(13)11(14)15-2/h3-5H,6H2,1-2H3. The normalized spacial score (nSPS) is 9.80. The van der Waals surface area contributed by atoms with Gasteiger partial charge in [-0.15, -0.1) is 0 Å². The molecule has 0 unspecified atom stereocenters. The van der Waals surface area contributed by atoms with Crippen molar-refractivity contribution in [2.45, 2.75) is 13.3 Å². The highest BCUT2D eigenvalue weighted by molar-refractivity contribution is 9.10. The van der Waals surface area contributed by atoms with Gasteiger partial charge in [-0.2, -0.15) is 0 Å². The Kier molecular flexibility index (Phi) is 4.03. The van der Waals surface area contributed by atoms with Crippen molar-refractivity contribution in [2.75, 3.05) is 7.11 Å². The van der Waals surface area contributed by atoms with E-state index in [1.807, 2.05) is 25.1 Å². The van der Waals surface area contributed by atoms with Crippen LogP contribution in [0.15, 0.2) is 22.7 Å². The van der Waals surface area contributed by atoms with Crippen LogP contribution in [0, 0.1) is 6.92 Å². The lowest BCUT2D eigenvalue weighted by Gasteiger charge is -2.05. The fourth-order valence-corrected chi connectivity index (χ4v) is 1.61. The molecule has 0 N–H and O–H groups in total. The van der Waals surface area contributed by atoms with Crippen molar-refractivity contribution in [2.24, 2.45) is 0 Å². The number of hydrogen-bond donors (Lipinski definition) is 0. The van der Waals surface area contributed by atoms with Gasteiger partial charge in [0.05, 0.1) is 7.11 Å². The van der Waals surface area contributed by atoms with Crippen LogP contribution in [0.25, 0.3) is 0 Å². The number of benzene rings is 1. The number of rotatable bonds is 3. The molecule has 1 rings (SSSR count). The SMILES string of the molecule is COC(=O)C(=O)Cc1cccc(Br)c1C. The van der Waals surface area contributed by atoms with Crippen molar-refractivity contribution < 1.29 is 14.3 Å². The first-order valence-corrected chi connectivity index (χ1v) is 5.20. The third kappa shape index (κ3) is 2.89. The average Bonchev–Trinajstić information content (AvgIpc) is 2.23. The maximum Gasteiger partial charge on any atom is 0.374 e. The van der Waals surface area contributed by atoms with Crippen molar-refractivity contribution >= 4 is 27.7 Å². The van der Waals surface area contributed by atoms with E-state index in [-0.39, 0.29) is 6.42 Å². The lowest BCUT2D eigenvalue weighted by atomic mass is 10.0. The van der Waals surface area contributed by atoms with Crippen LogP contribution in [0.1, 0.15) is 11.1 Å². The topological polar surface area (TPSA) is 43.4 Å². The van der Waals surface area contributed by atoms with E-state index in [9.17, 15) is 9.59 Å². The van der Waals surface area contributed by atoms with Crippen molar-refractivity contribution in [1.29, 1.82) is 0 Å². The summed E-state index contributed by atoms with van der Waals surface area (Å²) in [4.78, 5) is 22.2. The lowest BCUT2D eigenvalue weighted by molar-refractivity contribution is -0.151. The number of Topliss-reactive ketones (excluding diaryl/α,β-unsaturated/α-hetero) is 1. The minimum absolute atomic E-state index is 0.0813. The Balaban J connectivity index is 2.86. The van der Waals surface area contributed by atoms with Crippen LogP contribution >= 0.6 is 15.9 Å². The molecule has 0 aromatic heterocycles. The molecule has 1 aromatic rings. The molecule has 0 spiro atoms. The van der Waals surface area contributed by atoms with Crippen molar-refractivity contribution in [3.8, 4) is 0 Å². The van der Waals surface area contributed by atoms with Gasteiger partial charge in [0.1, 0.15) is 0 Å². The van der Waals surface area contributed by atoms with Crippen LogP contribution in [0.5, 0.6) is 0 Å². The molecule has 0 fully saturated rings. The molecule has 0 radical (unpaired) electrons. The van der Waals surface area contributed by atoms with E-state index in [4.69, 9.17) is 0 Å². The molecular formula is C11H11BrO3. The van der Waals surface area contributed by atoms with Crippen molar-refractivity contribution in [1.82, 2.24) is 0 Å². The summed E-state index contributed by atoms with van der Waals surface area (Å²) in [6.45, 7) is 1.89. The summed E-state index contributed by atoms with van der Waals surface area (Å²) in [6, 6.07) is 5.54. The molecule has 15 heavy (non-hydrogen) atoms. The summed E-state index contributed by atoms with van der Waals surface area (Å²) in [5.74, 6) is -1.33. The summed E-state index contributed by atoms with van der Waals surface area (Å²) >= 11 is 3.36. The highest BCUT2D eigenvalue weighted by atomic mass is 79.9. The molecule has 0 heterocycles. The molecule has 4 heteroatoms. The average molecular weight is 271 g/mol. The third-order valence-corrected chi connectivity index (χ3v) is 3.00. The number of carbonyl (C=O) groups is 2. The van der Waals surface area contributed by atoms with Crippen LogP contribution in [-0.4, -0.2) is 18.9 Å². The van der Waals surface area contributed by atoms with Gasteiger partial charge in [-0.05, 0) is 24.1 Å². The number of carbonyl (C=O) groups excluding carboxylic acids is 2. The first-order chi connectivity index (χ1) is 7.06. The largest absolute Gasteiger partial charge is 0.463 e. The van der Waals surface area contributed by atoms with E-state index in [1.165, 1.54) is 7.11 Å². The van der Waals surface area contributed by atoms with Gasteiger partial charge in [0.25, 0.3) is 0 Å². The molecule has 0 amide bonds. The van der Waals surface area contributed by atoms with Crippen molar-refractivity contribution in [3.05, 3.63) is 33.8 Å². The second kappa shape index (κ2) is 5.07.